The molecule has 3 N–H and O–H groups in total. The van der Waals surface area contributed by atoms with Gasteiger partial charge >= 0.3 is 6.03 Å². The van der Waals surface area contributed by atoms with Crippen molar-refractivity contribution in [2.24, 2.45) is 17.6 Å². The minimum Gasteiger partial charge on any atom is -0.361 e. The van der Waals surface area contributed by atoms with Crippen LogP contribution in [0.5, 0.6) is 0 Å². The molecule has 1 aliphatic heterocycles. The Morgan fingerprint density at radius 1 is 1.00 bits per heavy atom. The maximum absolute atomic E-state index is 11.6. The number of pyridine rings is 1. The Kier molecular flexibility index (Phi) is 5.56. The van der Waals surface area contributed by atoms with Crippen LogP contribution >= 0.6 is 0 Å². The average molecular weight is 512 g/mol. The molecule has 2 aliphatic carbocycles. The molecule has 196 valence electrons. The van der Waals surface area contributed by atoms with Gasteiger partial charge in [0.1, 0.15) is 11.0 Å². The number of urea groups is 1. The molecule has 3 fully saturated rings. The molecule has 2 amide bonds. The summed E-state index contributed by atoms with van der Waals surface area (Å²) in [4.78, 5) is 30.2. The molecule has 4 aromatic rings. The number of primary amides is 1. The Morgan fingerprint density at radius 2 is 1.76 bits per heavy atom. The number of para-hydroxylation sites is 1. The van der Waals surface area contributed by atoms with Gasteiger partial charge in [-0.15, -0.1) is 0 Å². The van der Waals surface area contributed by atoms with Gasteiger partial charge in [0, 0.05) is 37.8 Å². The van der Waals surface area contributed by atoms with Crippen LogP contribution < -0.4 is 16.0 Å². The van der Waals surface area contributed by atoms with E-state index in [0.717, 1.165) is 27.8 Å². The highest BCUT2D eigenvalue weighted by Gasteiger charge is 2.36. The van der Waals surface area contributed by atoms with E-state index >= 15 is 0 Å². The first-order valence-corrected chi connectivity index (χ1v) is 13.7. The third-order valence-corrected chi connectivity index (χ3v) is 8.35. The highest BCUT2D eigenvalue weighted by molar-refractivity contribution is 5.87. The Balaban J connectivity index is 1.28. The zero-order chi connectivity index (χ0) is 25.8. The number of nitrogens with zero attached hydrogens (tertiary/aromatic N) is 7. The zero-order valence-corrected chi connectivity index (χ0v) is 21.6. The van der Waals surface area contributed by atoms with E-state index in [1.54, 1.807) is 4.90 Å². The number of rotatable bonds is 7. The van der Waals surface area contributed by atoms with Gasteiger partial charge in [-0.25, -0.2) is 9.78 Å². The lowest BCUT2D eigenvalue weighted by Gasteiger charge is -2.34. The summed E-state index contributed by atoms with van der Waals surface area (Å²) in [6, 6.07) is 10.5. The molecule has 0 spiro atoms. The van der Waals surface area contributed by atoms with Crippen molar-refractivity contribution < 1.29 is 4.79 Å². The van der Waals surface area contributed by atoms with Crippen molar-refractivity contribution in [2.75, 3.05) is 36.4 Å². The first kappa shape index (κ1) is 23.2. The van der Waals surface area contributed by atoms with Crippen LogP contribution in [0.4, 0.5) is 16.6 Å². The van der Waals surface area contributed by atoms with E-state index in [9.17, 15) is 4.79 Å². The normalized spacial score (nSPS) is 19.6. The van der Waals surface area contributed by atoms with E-state index in [0.29, 0.717) is 50.0 Å². The topological polar surface area (TPSA) is 118 Å². The van der Waals surface area contributed by atoms with Crippen LogP contribution in [-0.2, 0) is 0 Å². The first-order valence-electron chi connectivity index (χ1n) is 13.7. The largest absolute Gasteiger partial charge is 0.361 e. The highest BCUT2D eigenvalue weighted by Crippen LogP contribution is 2.45. The van der Waals surface area contributed by atoms with Crippen molar-refractivity contribution >= 4 is 39.7 Å². The van der Waals surface area contributed by atoms with E-state index < -0.39 is 0 Å². The van der Waals surface area contributed by atoms with Crippen molar-refractivity contribution in [2.45, 2.75) is 44.7 Å². The van der Waals surface area contributed by atoms with E-state index in [1.165, 1.54) is 31.2 Å². The van der Waals surface area contributed by atoms with Crippen molar-refractivity contribution in [3.05, 3.63) is 48.3 Å². The van der Waals surface area contributed by atoms with Crippen LogP contribution in [0.1, 0.15) is 50.3 Å². The fourth-order valence-electron chi connectivity index (χ4n) is 5.71. The second-order valence-corrected chi connectivity index (χ2v) is 11.0. The number of carbonyl (C=O) groups excluding carboxylic acids is 1. The molecule has 7 rings (SSSR count). The molecule has 2 atom stereocenters. The molecule has 3 aromatic heterocycles. The number of nitrogens with two attached hydrogens (primary N) is 1. The van der Waals surface area contributed by atoms with Crippen LogP contribution in [0.2, 0.25) is 0 Å². The van der Waals surface area contributed by atoms with Gasteiger partial charge < -0.3 is 20.9 Å². The predicted octanol–water partition coefficient (Wildman–Crippen LogP) is 4.11. The van der Waals surface area contributed by atoms with Gasteiger partial charge in [-0.1, -0.05) is 18.2 Å². The number of benzene rings is 1. The molecule has 2 saturated carbocycles. The second-order valence-electron chi connectivity index (χ2n) is 11.0. The van der Waals surface area contributed by atoms with E-state index in [-0.39, 0.29) is 12.1 Å². The molecule has 10 heteroatoms. The fraction of sp³-hybridized carbons (Fsp3) is 0.464. The molecule has 0 bridgehead atoms. The van der Waals surface area contributed by atoms with E-state index in [4.69, 9.17) is 25.8 Å². The van der Waals surface area contributed by atoms with Crippen molar-refractivity contribution in [1.82, 2.24) is 29.6 Å². The SMILES string of the molecule is CC(C1CC1)n1ncc2nc(N3CCN(C(N)=O)CC3)nc(N[C@@H](c3cnc4ccccc4c3)C3CC3)c21. The predicted molar refractivity (Wildman–Crippen MR) is 147 cm³/mol. The van der Waals surface area contributed by atoms with Crippen LogP contribution in [-0.4, -0.2) is 61.8 Å². The molecule has 4 heterocycles. The minimum absolute atomic E-state index is 0.101. The first-order chi connectivity index (χ1) is 18.5. The van der Waals surface area contributed by atoms with E-state index in [1.807, 2.05) is 18.5 Å². The molecule has 1 aromatic carbocycles. The number of piperazine rings is 1. The van der Waals surface area contributed by atoms with Crippen LogP contribution in [0.15, 0.2) is 42.7 Å². The monoisotopic (exact) mass is 511 g/mol. The number of anilines is 2. The van der Waals surface area contributed by atoms with Crippen LogP contribution in [0.3, 0.4) is 0 Å². The Bertz CT molecular complexity index is 1500. The van der Waals surface area contributed by atoms with Gasteiger partial charge in [-0.05, 0) is 62.1 Å². The van der Waals surface area contributed by atoms with Gasteiger partial charge in [0.25, 0.3) is 0 Å². The number of fused-ring (bicyclic) bond motifs is 2. The quantitative estimate of drug-likeness (QED) is 0.383. The summed E-state index contributed by atoms with van der Waals surface area (Å²) in [7, 11) is 0. The van der Waals surface area contributed by atoms with E-state index in [2.05, 4.69) is 46.1 Å². The minimum atomic E-state index is -0.380. The second kappa shape index (κ2) is 9.11. The Morgan fingerprint density at radius 3 is 2.50 bits per heavy atom. The number of aromatic nitrogens is 5. The third kappa shape index (κ3) is 4.27. The third-order valence-electron chi connectivity index (χ3n) is 8.35. The number of carbonyl (C=O) groups is 1. The van der Waals surface area contributed by atoms with Crippen LogP contribution in [0, 0.1) is 11.8 Å². The summed E-state index contributed by atoms with van der Waals surface area (Å²) in [5.74, 6) is 2.66. The lowest BCUT2D eigenvalue weighted by atomic mass is 10.0. The van der Waals surface area contributed by atoms with Gasteiger partial charge in [0.2, 0.25) is 5.95 Å². The molecule has 3 aliphatic rings. The zero-order valence-electron chi connectivity index (χ0n) is 21.6. The van der Waals surface area contributed by atoms with Gasteiger partial charge in [0.15, 0.2) is 5.82 Å². The summed E-state index contributed by atoms with van der Waals surface area (Å²) in [6.45, 7) is 4.65. The Hall–Kier alpha value is -3.95. The molecule has 0 radical (unpaired) electrons. The van der Waals surface area contributed by atoms with Gasteiger partial charge in [0.05, 0.1) is 23.8 Å². The Labute approximate surface area is 221 Å². The highest BCUT2D eigenvalue weighted by atomic mass is 16.2. The van der Waals surface area contributed by atoms with Crippen LogP contribution in [0.25, 0.3) is 21.9 Å². The molecule has 10 nitrogen and oxygen atoms in total. The van der Waals surface area contributed by atoms with Crippen molar-refractivity contribution in [3.8, 4) is 0 Å². The molecule has 1 unspecified atom stereocenters. The van der Waals surface area contributed by atoms with Crippen molar-refractivity contribution in [1.29, 1.82) is 0 Å². The standard InChI is InChI=1S/C28H33N9O/c1-17(18-6-7-18)37-25-23(16-31-37)32-28(36-12-10-35(11-13-36)27(29)38)34-26(25)33-24(19-8-9-19)21-14-20-4-2-3-5-22(20)30-15-21/h2-5,14-19,24H,6-13H2,1H3,(H2,29,38)(H,32,33,34)/t17?,24-/m1/s1. The lowest BCUT2D eigenvalue weighted by Crippen LogP contribution is -2.51. The summed E-state index contributed by atoms with van der Waals surface area (Å²) in [5.41, 5.74) is 9.48. The summed E-state index contributed by atoms with van der Waals surface area (Å²) < 4.78 is 2.12. The number of hydrogen-bond donors (Lipinski definition) is 2. The maximum atomic E-state index is 11.6. The fourth-order valence-corrected chi connectivity index (χ4v) is 5.71. The molecule has 1 saturated heterocycles. The summed E-state index contributed by atoms with van der Waals surface area (Å²) in [5, 5.41) is 9.79. The smallest absolute Gasteiger partial charge is 0.314 e. The number of hydrogen-bond acceptors (Lipinski definition) is 7. The summed E-state index contributed by atoms with van der Waals surface area (Å²) >= 11 is 0. The van der Waals surface area contributed by atoms with Gasteiger partial charge in [-0.3, -0.25) is 9.67 Å². The number of amides is 2. The summed E-state index contributed by atoms with van der Waals surface area (Å²) in [6.07, 6.45) is 8.71. The number of nitrogens with one attached hydrogen (secondary N) is 1. The molecular formula is C28H33N9O. The lowest BCUT2D eigenvalue weighted by molar-refractivity contribution is 0.204. The molecule has 38 heavy (non-hydrogen) atoms. The maximum Gasteiger partial charge on any atom is 0.314 e. The van der Waals surface area contributed by atoms with Gasteiger partial charge in [-0.2, -0.15) is 10.1 Å². The van der Waals surface area contributed by atoms with Crippen molar-refractivity contribution in [3.63, 3.8) is 0 Å². The molecular weight excluding hydrogens is 478 g/mol. The average Bonchev–Trinajstić information content (AvgIpc) is 3.88.